The zero-order valence-electron chi connectivity index (χ0n) is 13.2. The lowest BCUT2D eigenvalue weighted by Gasteiger charge is -2.22. The molecule has 3 fully saturated rings. The number of hydrogen-bond acceptors (Lipinski definition) is 2. The summed E-state index contributed by atoms with van der Waals surface area (Å²) in [6.07, 6.45) is 7.12. The van der Waals surface area contributed by atoms with Crippen molar-refractivity contribution in [1.82, 2.24) is 10.2 Å². The lowest BCUT2D eigenvalue weighted by Crippen LogP contribution is -2.31. The highest BCUT2D eigenvalue weighted by Gasteiger charge is 2.36. The summed E-state index contributed by atoms with van der Waals surface area (Å²) in [7, 11) is 0. The van der Waals surface area contributed by atoms with E-state index in [1.165, 1.54) is 62.9 Å². The molecular weight excluding hydrogens is 256 g/mol. The van der Waals surface area contributed by atoms with Gasteiger partial charge in [0.15, 0.2) is 0 Å². The van der Waals surface area contributed by atoms with Crippen LogP contribution in [0.25, 0.3) is 0 Å². The molecule has 2 nitrogen and oxygen atoms in total. The van der Waals surface area contributed by atoms with Crippen molar-refractivity contribution < 1.29 is 0 Å². The quantitative estimate of drug-likeness (QED) is 0.860. The van der Waals surface area contributed by atoms with Crippen molar-refractivity contribution in [3.8, 4) is 0 Å². The van der Waals surface area contributed by atoms with Gasteiger partial charge in [-0.3, -0.25) is 0 Å². The molecule has 2 saturated carbocycles. The first-order valence-electron chi connectivity index (χ1n) is 8.83. The molecule has 0 amide bonds. The van der Waals surface area contributed by atoms with E-state index in [2.05, 4.69) is 41.4 Å². The van der Waals surface area contributed by atoms with E-state index < -0.39 is 0 Å². The zero-order chi connectivity index (χ0) is 14.2. The molecule has 2 aliphatic carbocycles. The van der Waals surface area contributed by atoms with Crippen LogP contribution in [-0.4, -0.2) is 30.6 Å². The van der Waals surface area contributed by atoms with Gasteiger partial charge in [0.1, 0.15) is 0 Å². The Bertz CT molecular complexity index is 473. The second-order valence-corrected chi connectivity index (χ2v) is 7.51. The van der Waals surface area contributed by atoms with Gasteiger partial charge in [-0.1, -0.05) is 29.8 Å². The number of rotatable bonds is 6. The van der Waals surface area contributed by atoms with Gasteiger partial charge in [0.2, 0.25) is 0 Å². The minimum absolute atomic E-state index is 0.598. The first-order chi connectivity index (χ1) is 10.3. The van der Waals surface area contributed by atoms with E-state index in [1.54, 1.807) is 0 Å². The first-order valence-corrected chi connectivity index (χ1v) is 8.83. The highest BCUT2D eigenvalue weighted by molar-refractivity contribution is 5.25. The van der Waals surface area contributed by atoms with Crippen LogP contribution in [0.4, 0.5) is 0 Å². The molecule has 21 heavy (non-hydrogen) atoms. The number of hydrogen-bond donors (Lipinski definition) is 1. The van der Waals surface area contributed by atoms with Crippen LogP contribution in [0.15, 0.2) is 24.3 Å². The van der Waals surface area contributed by atoms with Gasteiger partial charge < -0.3 is 10.2 Å². The molecule has 114 valence electrons. The highest BCUT2D eigenvalue weighted by atomic mass is 15.2. The average molecular weight is 284 g/mol. The Morgan fingerprint density at radius 1 is 1.10 bits per heavy atom. The Hall–Kier alpha value is -0.860. The van der Waals surface area contributed by atoms with Crippen LogP contribution < -0.4 is 5.32 Å². The van der Waals surface area contributed by atoms with Crippen molar-refractivity contribution >= 4 is 0 Å². The molecule has 2 unspecified atom stereocenters. The molecular formula is C19H28N2. The van der Waals surface area contributed by atoms with E-state index in [4.69, 9.17) is 0 Å². The van der Waals surface area contributed by atoms with Crippen molar-refractivity contribution in [2.75, 3.05) is 19.6 Å². The summed E-state index contributed by atoms with van der Waals surface area (Å²) in [5.41, 5.74) is 2.87. The maximum Gasteiger partial charge on any atom is 0.0348 e. The maximum absolute atomic E-state index is 3.91. The van der Waals surface area contributed by atoms with Gasteiger partial charge in [0.25, 0.3) is 0 Å². The number of aryl methyl sites for hydroxylation is 1. The maximum atomic E-state index is 3.91. The molecule has 1 aliphatic heterocycles. The monoisotopic (exact) mass is 284 g/mol. The Labute approximate surface area is 128 Å². The second kappa shape index (κ2) is 5.73. The van der Waals surface area contributed by atoms with E-state index in [1.807, 2.05) is 0 Å². The average Bonchev–Trinajstić information content (AvgIpc) is 3.41. The minimum atomic E-state index is 0.598. The molecule has 1 heterocycles. The third kappa shape index (κ3) is 3.32. The molecule has 0 bridgehead atoms. The fourth-order valence-electron chi connectivity index (χ4n) is 3.85. The van der Waals surface area contributed by atoms with E-state index in [9.17, 15) is 0 Å². The molecule has 1 aromatic carbocycles. The summed E-state index contributed by atoms with van der Waals surface area (Å²) in [6, 6.07) is 10.7. The van der Waals surface area contributed by atoms with Crippen LogP contribution in [-0.2, 0) is 0 Å². The van der Waals surface area contributed by atoms with Crippen molar-refractivity contribution in [2.24, 2.45) is 11.8 Å². The Kier molecular flexibility index (Phi) is 3.76. The van der Waals surface area contributed by atoms with Crippen LogP contribution in [0.2, 0.25) is 0 Å². The summed E-state index contributed by atoms with van der Waals surface area (Å²) < 4.78 is 0. The smallest absolute Gasteiger partial charge is 0.0348 e. The van der Waals surface area contributed by atoms with Crippen molar-refractivity contribution in [1.29, 1.82) is 0 Å². The predicted molar refractivity (Wildman–Crippen MR) is 87.3 cm³/mol. The molecule has 1 N–H and O–H groups in total. The number of likely N-dealkylation sites (tertiary alicyclic amines) is 1. The van der Waals surface area contributed by atoms with E-state index in [0.29, 0.717) is 6.04 Å². The lowest BCUT2D eigenvalue weighted by atomic mass is 10.00. The summed E-state index contributed by atoms with van der Waals surface area (Å²) in [5, 5.41) is 3.91. The SMILES string of the molecule is Cc1ccc(C(NCC2CCN(C3CC3)C2)C2CC2)cc1. The molecule has 1 saturated heterocycles. The molecule has 3 aliphatic rings. The third-order valence-corrected chi connectivity index (χ3v) is 5.54. The molecule has 0 radical (unpaired) electrons. The van der Waals surface area contributed by atoms with E-state index in [-0.39, 0.29) is 0 Å². The summed E-state index contributed by atoms with van der Waals surface area (Å²) in [5.74, 6) is 1.76. The fourth-order valence-corrected chi connectivity index (χ4v) is 3.85. The topological polar surface area (TPSA) is 15.3 Å². The lowest BCUT2D eigenvalue weighted by molar-refractivity contribution is 0.307. The standard InChI is InChI=1S/C19H28N2/c1-14-2-4-16(5-3-14)19(17-6-7-17)20-12-15-10-11-21(13-15)18-8-9-18/h2-5,15,17-20H,6-13H2,1H3. The number of benzene rings is 1. The van der Waals surface area contributed by atoms with Crippen molar-refractivity contribution in [3.05, 3.63) is 35.4 Å². The van der Waals surface area contributed by atoms with Gasteiger partial charge in [-0.15, -0.1) is 0 Å². The fraction of sp³-hybridized carbons (Fsp3) is 0.684. The number of nitrogens with one attached hydrogen (secondary N) is 1. The molecule has 4 rings (SSSR count). The Balaban J connectivity index is 1.34. The zero-order valence-corrected chi connectivity index (χ0v) is 13.2. The van der Waals surface area contributed by atoms with Crippen molar-refractivity contribution in [2.45, 2.75) is 51.1 Å². The molecule has 2 heteroatoms. The normalized spacial score (nSPS) is 28.0. The van der Waals surface area contributed by atoms with Crippen LogP contribution in [0.5, 0.6) is 0 Å². The summed E-state index contributed by atoms with van der Waals surface area (Å²) in [4.78, 5) is 2.73. The minimum Gasteiger partial charge on any atom is -0.309 e. The summed E-state index contributed by atoms with van der Waals surface area (Å²) >= 11 is 0. The van der Waals surface area contributed by atoms with E-state index >= 15 is 0 Å². The Morgan fingerprint density at radius 3 is 2.52 bits per heavy atom. The van der Waals surface area contributed by atoms with Crippen molar-refractivity contribution in [3.63, 3.8) is 0 Å². The van der Waals surface area contributed by atoms with Crippen LogP contribution in [0.1, 0.15) is 49.3 Å². The van der Waals surface area contributed by atoms with Gasteiger partial charge in [-0.05, 0) is 69.5 Å². The second-order valence-electron chi connectivity index (χ2n) is 7.51. The molecule has 1 aromatic rings. The van der Waals surface area contributed by atoms with Gasteiger partial charge in [-0.25, -0.2) is 0 Å². The van der Waals surface area contributed by atoms with E-state index in [0.717, 1.165) is 17.9 Å². The first kappa shape index (κ1) is 13.8. The molecule has 2 atom stereocenters. The van der Waals surface area contributed by atoms with Gasteiger partial charge >= 0.3 is 0 Å². The number of nitrogens with zero attached hydrogens (tertiary/aromatic N) is 1. The van der Waals surface area contributed by atoms with Gasteiger partial charge in [-0.2, -0.15) is 0 Å². The Morgan fingerprint density at radius 2 is 1.86 bits per heavy atom. The summed E-state index contributed by atoms with van der Waals surface area (Å²) in [6.45, 7) is 6.06. The van der Waals surface area contributed by atoms with Crippen LogP contribution in [0.3, 0.4) is 0 Å². The molecule has 0 aromatic heterocycles. The molecule has 0 spiro atoms. The van der Waals surface area contributed by atoms with Gasteiger partial charge in [0.05, 0.1) is 0 Å². The van der Waals surface area contributed by atoms with Crippen LogP contribution in [0, 0.1) is 18.8 Å². The van der Waals surface area contributed by atoms with Crippen LogP contribution >= 0.6 is 0 Å². The van der Waals surface area contributed by atoms with Gasteiger partial charge in [0, 0.05) is 18.6 Å². The largest absolute Gasteiger partial charge is 0.309 e. The highest BCUT2D eigenvalue weighted by Crippen LogP contribution is 2.41. The third-order valence-electron chi connectivity index (χ3n) is 5.54. The predicted octanol–water partition coefficient (Wildman–Crippen LogP) is 3.52.